The average molecular weight is 243 g/mol. The van der Waals surface area contributed by atoms with Gasteiger partial charge in [0.2, 0.25) is 0 Å². The summed E-state index contributed by atoms with van der Waals surface area (Å²) in [5.74, 6) is 0.735. The van der Waals surface area contributed by atoms with Gasteiger partial charge in [0.05, 0.1) is 6.54 Å². The van der Waals surface area contributed by atoms with Gasteiger partial charge in [-0.2, -0.15) is 0 Å². The Labute approximate surface area is 105 Å². The normalized spacial score (nSPS) is 17.1. The maximum absolute atomic E-state index is 13.0. The van der Waals surface area contributed by atoms with Crippen LogP contribution in [0.25, 0.3) is 0 Å². The lowest BCUT2D eigenvalue weighted by atomic mass is 10.1. The van der Waals surface area contributed by atoms with Crippen molar-refractivity contribution in [3.8, 4) is 5.75 Å². The Hall–Kier alpha value is -2.03. The van der Waals surface area contributed by atoms with Crippen molar-refractivity contribution < 1.29 is 9.13 Å². The number of para-hydroxylation sites is 1. The number of fused-ring (bicyclic) bond motifs is 1. The lowest BCUT2D eigenvalue weighted by Crippen LogP contribution is -2.23. The van der Waals surface area contributed by atoms with Crippen molar-refractivity contribution in [2.45, 2.75) is 12.5 Å². The molecular formula is C15H14FNO. The third-order valence-corrected chi connectivity index (χ3v) is 3.07. The molecule has 1 aliphatic heterocycles. The van der Waals surface area contributed by atoms with Crippen molar-refractivity contribution in [2.24, 2.45) is 0 Å². The zero-order chi connectivity index (χ0) is 12.4. The monoisotopic (exact) mass is 243 g/mol. The van der Waals surface area contributed by atoms with Crippen LogP contribution in [-0.2, 0) is 6.42 Å². The minimum absolute atomic E-state index is 0.116. The molecule has 18 heavy (non-hydrogen) atoms. The number of hydrogen-bond acceptors (Lipinski definition) is 2. The molecule has 3 rings (SSSR count). The van der Waals surface area contributed by atoms with E-state index < -0.39 is 0 Å². The van der Waals surface area contributed by atoms with Gasteiger partial charge in [-0.05, 0) is 29.8 Å². The quantitative estimate of drug-likeness (QED) is 0.893. The number of halogens is 1. The standard InChI is InChI=1S/C15H14FNO/c16-12-5-3-6-13(9-12)17-10-14-8-11-4-1-2-7-15(11)18-14/h1-7,9,14,17H,8,10H2. The summed E-state index contributed by atoms with van der Waals surface area (Å²) in [5.41, 5.74) is 2.03. The molecular weight excluding hydrogens is 229 g/mol. The number of nitrogens with one attached hydrogen (secondary N) is 1. The number of benzene rings is 2. The molecule has 3 heteroatoms. The van der Waals surface area contributed by atoms with Crippen molar-refractivity contribution in [2.75, 3.05) is 11.9 Å². The van der Waals surface area contributed by atoms with Crippen LogP contribution >= 0.6 is 0 Å². The highest BCUT2D eigenvalue weighted by atomic mass is 19.1. The lowest BCUT2D eigenvalue weighted by molar-refractivity contribution is 0.246. The first-order valence-electron chi connectivity index (χ1n) is 6.05. The first-order valence-corrected chi connectivity index (χ1v) is 6.05. The SMILES string of the molecule is Fc1cccc(NCC2Cc3ccccc3O2)c1. The Morgan fingerprint density at radius 2 is 2.06 bits per heavy atom. The van der Waals surface area contributed by atoms with Gasteiger partial charge in [0.25, 0.3) is 0 Å². The van der Waals surface area contributed by atoms with Crippen LogP contribution in [0.4, 0.5) is 10.1 Å². The van der Waals surface area contributed by atoms with E-state index in [0.29, 0.717) is 6.54 Å². The van der Waals surface area contributed by atoms with Crippen LogP contribution in [0.5, 0.6) is 5.75 Å². The first kappa shape index (κ1) is 11.1. The molecule has 0 bridgehead atoms. The molecule has 0 amide bonds. The lowest BCUT2D eigenvalue weighted by Gasteiger charge is -2.12. The van der Waals surface area contributed by atoms with Crippen molar-refractivity contribution in [1.29, 1.82) is 0 Å². The van der Waals surface area contributed by atoms with Gasteiger partial charge >= 0.3 is 0 Å². The van der Waals surface area contributed by atoms with E-state index in [-0.39, 0.29) is 11.9 Å². The second-order valence-electron chi connectivity index (χ2n) is 4.44. The van der Waals surface area contributed by atoms with Gasteiger partial charge in [-0.25, -0.2) is 4.39 Å². The highest BCUT2D eigenvalue weighted by Crippen LogP contribution is 2.28. The highest BCUT2D eigenvalue weighted by Gasteiger charge is 2.21. The second-order valence-corrected chi connectivity index (χ2v) is 4.44. The molecule has 0 radical (unpaired) electrons. The number of rotatable bonds is 3. The van der Waals surface area contributed by atoms with E-state index in [9.17, 15) is 4.39 Å². The fraction of sp³-hybridized carbons (Fsp3) is 0.200. The Balaban J connectivity index is 1.60. The van der Waals surface area contributed by atoms with Crippen LogP contribution in [0.1, 0.15) is 5.56 Å². The molecule has 0 saturated heterocycles. The van der Waals surface area contributed by atoms with E-state index in [1.54, 1.807) is 6.07 Å². The molecule has 0 aliphatic carbocycles. The van der Waals surface area contributed by atoms with E-state index in [4.69, 9.17) is 4.74 Å². The molecule has 1 unspecified atom stereocenters. The van der Waals surface area contributed by atoms with Gasteiger partial charge in [0.15, 0.2) is 0 Å². The fourth-order valence-corrected chi connectivity index (χ4v) is 2.20. The Morgan fingerprint density at radius 3 is 2.89 bits per heavy atom. The van der Waals surface area contributed by atoms with Gasteiger partial charge in [-0.3, -0.25) is 0 Å². The summed E-state index contributed by atoms with van der Waals surface area (Å²) in [6.45, 7) is 0.679. The number of hydrogen-bond donors (Lipinski definition) is 1. The summed E-state index contributed by atoms with van der Waals surface area (Å²) in [7, 11) is 0. The topological polar surface area (TPSA) is 21.3 Å². The molecule has 1 aliphatic rings. The Bertz CT molecular complexity index is 531. The Kier molecular flexibility index (Phi) is 2.89. The van der Waals surface area contributed by atoms with Crippen LogP contribution in [0.3, 0.4) is 0 Å². The summed E-state index contributed by atoms with van der Waals surface area (Å²) >= 11 is 0. The minimum Gasteiger partial charge on any atom is -0.488 e. The molecule has 0 spiro atoms. The van der Waals surface area contributed by atoms with Crippen molar-refractivity contribution in [3.05, 3.63) is 59.9 Å². The average Bonchev–Trinajstić information content (AvgIpc) is 2.79. The predicted molar refractivity (Wildman–Crippen MR) is 69.5 cm³/mol. The number of anilines is 1. The van der Waals surface area contributed by atoms with Crippen LogP contribution in [0.2, 0.25) is 0 Å². The Morgan fingerprint density at radius 1 is 1.17 bits per heavy atom. The third-order valence-electron chi connectivity index (χ3n) is 3.07. The van der Waals surface area contributed by atoms with Gasteiger partial charge in [-0.1, -0.05) is 24.3 Å². The van der Waals surface area contributed by atoms with E-state index in [1.807, 2.05) is 24.3 Å². The molecule has 1 heterocycles. The van der Waals surface area contributed by atoms with Crippen LogP contribution in [0, 0.1) is 5.82 Å². The zero-order valence-corrected chi connectivity index (χ0v) is 9.90. The molecule has 1 N–H and O–H groups in total. The molecule has 0 aromatic heterocycles. The van der Waals surface area contributed by atoms with Crippen molar-refractivity contribution in [3.63, 3.8) is 0 Å². The van der Waals surface area contributed by atoms with E-state index >= 15 is 0 Å². The minimum atomic E-state index is -0.226. The second kappa shape index (κ2) is 4.69. The fourth-order valence-electron chi connectivity index (χ4n) is 2.20. The smallest absolute Gasteiger partial charge is 0.125 e. The molecule has 2 aromatic carbocycles. The first-order chi connectivity index (χ1) is 8.81. The molecule has 0 fully saturated rings. The molecule has 92 valence electrons. The maximum Gasteiger partial charge on any atom is 0.125 e. The number of ether oxygens (including phenoxy) is 1. The van der Waals surface area contributed by atoms with Gasteiger partial charge < -0.3 is 10.1 Å². The largest absolute Gasteiger partial charge is 0.488 e. The van der Waals surface area contributed by atoms with E-state index in [0.717, 1.165) is 17.9 Å². The zero-order valence-electron chi connectivity index (χ0n) is 9.90. The predicted octanol–water partition coefficient (Wildman–Crippen LogP) is 3.24. The maximum atomic E-state index is 13.0. The van der Waals surface area contributed by atoms with Gasteiger partial charge in [0.1, 0.15) is 17.7 Å². The third kappa shape index (κ3) is 2.30. The highest BCUT2D eigenvalue weighted by molar-refractivity contribution is 5.44. The molecule has 2 nitrogen and oxygen atoms in total. The van der Waals surface area contributed by atoms with Crippen molar-refractivity contribution >= 4 is 5.69 Å². The van der Waals surface area contributed by atoms with Gasteiger partial charge in [-0.15, -0.1) is 0 Å². The van der Waals surface area contributed by atoms with Gasteiger partial charge in [0, 0.05) is 12.1 Å². The van der Waals surface area contributed by atoms with E-state index in [1.165, 1.54) is 17.7 Å². The van der Waals surface area contributed by atoms with Crippen LogP contribution in [-0.4, -0.2) is 12.6 Å². The summed E-state index contributed by atoms with van der Waals surface area (Å²) in [5, 5.41) is 3.20. The van der Waals surface area contributed by atoms with Crippen molar-refractivity contribution in [1.82, 2.24) is 0 Å². The summed E-state index contributed by atoms with van der Waals surface area (Å²) in [4.78, 5) is 0. The molecule has 0 saturated carbocycles. The van der Waals surface area contributed by atoms with Crippen LogP contribution in [0.15, 0.2) is 48.5 Å². The molecule has 2 aromatic rings. The summed E-state index contributed by atoms with van der Waals surface area (Å²) in [6.07, 6.45) is 1.02. The van der Waals surface area contributed by atoms with Crippen LogP contribution < -0.4 is 10.1 Å². The molecule has 1 atom stereocenters. The summed E-state index contributed by atoms with van der Waals surface area (Å²) in [6, 6.07) is 14.5. The summed E-state index contributed by atoms with van der Waals surface area (Å²) < 4.78 is 18.8. The van der Waals surface area contributed by atoms with E-state index in [2.05, 4.69) is 11.4 Å².